The smallest absolute Gasteiger partial charge is 0.416 e. The molecule has 1 N–H and O–H groups in total. The molecule has 1 fully saturated rings. The van der Waals surface area contributed by atoms with Crippen molar-refractivity contribution in [2.24, 2.45) is 0 Å². The maximum absolute atomic E-state index is 12.5. The highest BCUT2D eigenvalue weighted by molar-refractivity contribution is 5.85. The van der Waals surface area contributed by atoms with Gasteiger partial charge in [0.05, 0.1) is 24.3 Å². The summed E-state index contributed by atoms with van der Waals surface area (Å²) in [4.78, 5) is 17.7. The lowest BCUT2D eigenvalue weighted by molar-refractivity contribution is -0.137. The Morgan fingerprint density at radius 1 is 1.23 bits per heavy atom. The summed E-state index contributed by atoms with van der Waals surface area (Å²) in [5.74, 6) is 0.341. The molecule has 1 aliphatic rings. The number of carbonyl (C=O) groups excluding carboxylic acids is 1. The summed E-state index contributed by atoms with van der Waals surface area (Å²) >= 11 is 0. The molecule has 0 aliphatic carbocycles. The lowest BCUT2D eigenvalue weighted by atomic mass is 10.1. The molecule has 1 aromatic carbocycles. The summed E-state index contributed by atoms with van der Waals surface area (Å²) in [5.41, 5.74) is 0.538. The molecular weight excluding hydrogens is 371 g/mol. The predicted octanol–water partition coefficient (Wildman–Crippen LogP) is 3.22. The molecule has 3 rings (SSSR count). The summed E-state index contributed by atoms with van der Waals surface area (Å²) in [5, 5.41) is 2.99. The van der Waals surface area contributed by atoms with Crippen LogP contribution in [0.5, 0.6) is 0 Å². The lowest BCUT2D eigenvalue weighted by Crippen LogP contribution is -2.47. The molecule has 9 heteroatoms. The molecule has 5 nitrogen and oxygen atoms in total. The van der Waals surface area contributed by atoms with Gasteiger partial charge in [0.1, 0.15) is 6.26 Å². The zero-order valence-corrected chi connectivity index (χ0v) is 14.4. The zero-order valence-electron chi connectivity index (χ0n) is 13.6. The van der Waals surface area contributed by atoms with Crippen LogP contribution in [0.15, 0.2) is 34.9 Å². The SMILES string of the molecule is Cl.O=C1CNCCN1Cc1coc(/C=C/c2ccc(C(F)(F)F)cc2)n1. The van der Waals surface area contributed by atoms with E-state index in [-0.39, 0.29) is 18.3 Å². The van der Waals surface area contributed by atoms with Crippen LogP contribution in [0, 0.1) is 0 Å². The van der Waals surface area contributed by atoms with Gasteiger partial charge >= 0.3 is 6.18 Å². The van der Waals surface area contributed by atoms with Crippen LogP contribution >= 0.6 is 12.4 Å². The molecule has 1 amide bonds. The van der Waals surface area contributed by atoms with Crippen molar-refractivity contribution < 1.29 is 22.4 Å². The number of benzene rings is 1. The maximum atomic E-state index is 12.5. The third kappa shape index (κ3) is 5.09. The average molecular weight is 388 g/mol. The Kier molecular flexibility index (Phi) is 6.44. The van der Waals surface area contributed by atoms with Crippen LogP contribution in [0.4, 0.5) is 13.2 Å². The van der Waals surface area contributed by atoms with Gasteiger partial charge in [0.2, 0.25) is 11.8 Å². The lowest BCUT2D eigenvalue weighted by Gasteiger charge is -2.26. The molecule has 2 heterocycles. The van der Waals surface area contributed by atoms with Crippen LogP contribution in [0.3, 0.4) is 0 Å². The van der Waals surface area contributed by atoms with Gasteiger partial charge in [-0.25, -0.2) is 4.98 Å². The molecular formula is C17H17ClF3N3O2. The van der Waals surface area contributed by atoms with E-state index in [4.69, 9.17) is 4.42 Å². The molecule has 0 spiro atoms. The number of hydrogen-bond donors (Lipinski definition) is 1. The average Bonchev–Trinajstić information content (AvgIpc) is 3.02. The monoisotopic (exact) mass is 387 g/mol. The first-order valence-electron chi connectivity index (χ1n) is 7.70. The molecule has 140 valence electrons. The van der Waals surface area contributed by atoms with Gasteiger partial charge in [-0.05, 0) is 23.8 Å². The Morgan fingerprint density at radius 3 is 2.62 bits per heavy atom. The predicted molar refractivity (Wildman–Crippen MR) is 92.4 cm³/mol. The summed E-state index contributed by atoms with van der Waals surface area (Å²) < 4.78 is 42.9. The first kappa shape index (κ1) is 20.0. The van der Waals surface area contributed by atoms with Crippen molar-refractivity contribution in [2.75, 3.05) is 19.6 Å². The van der Waals surface area contributed by atoms with Crippen LogP contribution in [0.25, 0.3) is 12.2 Å². The molecule has 0 atom stereocenters. The van der Waals surface area contributed by atoms with E-state index in [0.717, 1.165) is 18.7 Å². The summed E-state index contributed by atoms with van der Waals surface area (Å²) in [7, 11) is 0. The van der Waals surface area contributed by atoms with E-state index >= 15 is 0 Å². The van der Waals surface area contributed by atoms with Gasteiger partial charge in [0, 0.05) is 19.2 Å². The van der Waals surface area contributed by atoms with Gasteiger partial charge in [-0.1, -0.05) is 12.1 Å². The second-order valence-electron chi connectivity index (χ2n) is 5.62. The molecule has 0 radical (unpaired) electrons. The fourth-order valence-electron chi connectivity index (χ4n) is 2.43. The standard InChI is InChI=1S/C17H16F3N3O2.ClH/c18-17(19,20)13-4-1-12(2-5-13)3-6-15-22-14(11-25-15)10-23-8-7-21-9-16(23)24;/h1-6,11,21H,7-10H2;1H/b6-3+;. The zero-order chi connectivity index (χ0) is 17.9. The van der Waals surface area contributed by atoms with Crippen molar-refractivity contribution in [3.05, 3.63) is 53.2 Å². The van der Waals surface area contributed by atoms with Crippen molar-refractivity contribution in [1.29, 1.82) is 0 Å². The summed E-state index contributed by atoms with van der Waals surface area (Å²) in [6.45, 7) is 2.04. The Hall–Kier alpha value is -2.32. The normalized spacial score (nSPS) is 15.3. The topological polar surface area (TPSA) is 58.4 Å². The minimum atomic E-state index is -4.35. The fraction of sp³-hybridized carbons (Fsp3) is 0.294. The van der Waals surface area contributed by atoms with Gasteiger partial charge in [-0.2, -0.15) is 13.2 Å². The molecule has 0 bridgehead atoms. The number of nitrogens with one attached hydrogen (secondary N) is 1. The molecule has 2 aromatic rings. The number of halogens is 4. The Balaban J connectivity index is 0.00000243. The van der Waals surface area contributed by atoms with Crippen molar-refractivity contribution >= 4 is 30.5 Å². The summed E-state index contributed by atoms with van der Waals surface area (Å²) in [6, 6.07) is 4.80. The number of oxazole rings is 1. The highest BCUT2D eigenvalue weighted by atomic mass is 35.5. The first-order valence-corrected chi connectivity index (χ1v) is 7.70. The van der Waals surface area contributed by atoms with E-state index in [1.807, 2.05) is 0 Å². The van der Waals surface area contributed by atoms with Gasteiger partial charge in [0.15, 0.2) is 0 Å². The Bertz CT molecular complexity index is 772. The van der Waals surface area contributed by atoms with Gasteiger partial charge in [0.25, 0.3) is 0 Å². The number of amides is 1. The van der Waals surface area contributed by atoms with E-state index < -0.39 is 11.7 Å². The number of rotatable bonds is 4. The van der Waals surface area contributed by atoms with Crippen LogP contribution in [0.2, 0.25) is 0 Å². The highest BCUT2D eigenvalue weighted by Gasteiger charge is 2.29. The van der Waals surface area contributed by atoms with Crippen LogP contribution in [-0.2, 0) is 17.5 Å². The van der Waals surface area contributed by atoms with Crippen molar-refractivity contribution in [2.45, 2.75) is 12.7 Å². The number of aromatic nitrogens is 1. The van der Waals surface area contributed by atoms with Crippen LogP contribution < -0.4 is 5.32 Å². The van der Waals surface area contributed by atoms with Gasteiger partial charge in [-0.15, -0.1) is 12.4 Å². The number of carbonyl (C=O) groups is 1. The Morgan fingerprint density at radius 2 is 1.96 bits per heavy atom. The molecule has 0 unspecified atom stereocenters. The number of nitrogens with zero attached hydrogens (tertiary/aromatic N) is 2. The van der Waals surface area contributed by atoms with E-state index in [1.165, 1.54) is 18.4 Å². The molecule has 0 saturated carbocycles. The summed E-state index contributed by atoms with van der Waals surface area (Å²) in [6.07, 6.45) is 0.320. The third-order valence-electron chi connectivity index (χ3n) is 3.77. The number of hydrogen-bond acceptors (Lipinski definition) is 4. The minimum Gasteiger partial charge on any atom is -0.445 e. The quantitative estimate of drug-likeness (QED) is 0.875. The molecule has 1 aromatic heterocycles. The van der Waals surface area contributed by atoms with Crippen molar-refractivity contribution in [1.82, 2.24) is 15.2 Å². The van der Waals surface area contributed by atoms with Crippen LogP contribution in [-0.4, -0.2) is 35.4 Å². The first-order chi connectivity index (χ1) is 11.9. The molecule has 1 aliphatic heterocycles. The largest absolute Gasteiger partial charge is 0.445 e. The number of piperazine rings is 1. The maximum Gasteiger partial charge on any atom is 0.416 e. The van der Waals surface area contributed by atoms with E-state index in [1.54, 1.807) is 17.1 Å². The van der Waals surface area contributed by atoms with Crippen molar-refractivity contribution in [3.8, 4) is 0 Å². The van der Waals surface area contributed by atoms with Crippen LogP contribution in [0.1, 0.15) is 22.7 Å². The third-order valence-corrected chi connectivity index (χ3v) is 3.77. The van der Waals surface area contributed by atoms with Gasteiger partial charge in [-0.3, -0.25) is 4.79 Å². The minimum absolute atomic E-state index is 0. The van der Waals surface area contributed by atoms with E-state index in [0.29, 0.717) is 36.8 Å². The van der Waals surface area contributed by atoms with E-state index in [9.17, 15) is 18.0 Å². The fourth-order valence-corrected chi connectivity index (χ4v) is 2.43. The molecule has 26 heavy (non-hydrogen) atoms. The second kappa shape index (κ2) is 8.37. The Labute approximate surface area is 154 Å². The van der Waals surface area contributed by atoms with E-state index in [2.05, 4.69) is 10.3 Å². The second-order valence-corrected chi connectivity index (χ2v) is 5.62. The van der Waals surface area contributed by atoms with Crippen molar-refractivity contribution in [3.63, 3.8) is 0 Å². The highest BCUT2D eigenvalue weighted by Crippen LogP contribution is 2.29. The molecule has 1 saturated heterocycles. The van der Waals surface area contributed by atoms with Gasteiger partial charge < -0.3 is 14.6 Å². The number of alkyl halides is 3.